The maximum atomic E-state index is 12.2. The molecule has 0 bridgehead atoms. The fraction of sp³-hybridized carbons (Fsp3) is 0.385. The fourth-order valence-corrected chi connectivity index (χ4v) is 3.76. The Morgan fingerprint density at radius 3 is 2.83 bits per heavy atom. The Kier molecular flexibility index (Phi) is 4.37. The molecule has 1 atom stereocenters. The molecule has 3 rings (SSSR count). The zero-order chi connectivity index (χ0) is 17.4. The Morgan fingerprint density at radius 1 is 1.42 bits per heavy atom. The number of carbonyl (C=O) groups excluding carboxylic acids is 3. The van der Waals surface area contributed by atoms with Crippen LogP contribution in [0.3, 0.4) is 0 Å². The van der Waals surface area contributed by atoms with Crippen LogP contribution < -0.4 is 5.32 Å². The van der Waals surface area contributed by atoms with E-state index < -0.39 is 12.1 Å². The first-order valence-electron chi connectivity index (χ1n) is 6.96. The molecule has 126 valence electrons. The van der Waals surface area contributed by atoms with Crippen molar-refractivity contribution in [2.24, 2.45) is 4.99 Å². The standard InChI is InChI=1S/C13H14N6O3S2/c1-17-9-8(10(21)19(3)13(22)18(9)2)16-12(17)24-6-7(20)15-11-14-4-5-23-11/h4-5,8H,6H2,1-3H3/p+1. The van der Waals surface area contributed by atoms with Crippen LogP contribution in [0.25, 0.3) is 0 Å². The number of rotatable bonds is 3. The molecule has 1 aromatic heterocycles. The average Bonchev–Trinajstić information content (AvgIpc) is 3.17. The summed E-state index contributed by atoms with van der Waals surface area (Å²) in [6.45, 7) is 0. The summed E-state index contributed by atoms with van der Waals surface area (Å²) in [5.74, 6) is 0.0530. The van der Waals surface area contributed by atoms with Crippen LogP contribution in [0.15, 0.2) is 16.6 Å². The van der Waals surface area contributed by atoms with Crippen LogP contribution in [-0.2, 0) is 9.59 Å². The van der Waals surface area contributed by atoms with E-state index in [1.807, 2.05) is 0 Å². The number of imide groups is 1. The molecular formula is C13H15N6O3S2+. The molecule has 2 aliphatic heterocycles. The van der Waals surface area contributed by atoms with Gasteiger partial charge in [0.1, 0.15) is 0 Å². The minimum absolute atomic E-state index is 0.129. The summed E-state index contributed by atoms with van der Waals surface area (Å²) in [5, 5.41) is 5.51. The normalized spacial score (nSPS) is 20.5. The van der Waals surface area contributed by atoms with E-state index >= 15 is 0 Å². The number of amidine groups is 2. The van der Waals surface area contributed by atoms with E-state index in [1.54, 1.807) is 30.2 Å². The molecule has 2 aliphatic rings. The lowest BCUT2D eigenvalue weighted by Crippen LogP contribution is -2.59. The number of aliphatic imine (C=N–C) groups is 1. The summed E-state index contributed by atoms with van der Waals surface area (Å²) in [4.78, 5) is 47.0. The Hall–Kier alpha value is -2.27. The van der Waals surface area contributed by atoms with Gasteiger partial charge < -0.3 is 5.32 Å². The monoisotopic (exact) mass is 367 g/mol. The molecule has 9 nitrogen and oxygen atoms in total. The number of hydrogen-bond acceptors (Lipinski definition) is 7. The van der Waals surface area contributed by atoms with Crippen LogP contribution in [0.4, 0.5) is 9.93 Å². The molecule has 11 heteroatoms. The van der Waals surface area contributed by atoms with Crippen molar-refractivity contribution in [3.8, 4) is 0 Å². The zero-order valence-corrected chi connectivity index (χ0v) is 14.8. The number of urea groups is 1. The molecule has 0 saturated carbocycles. The third-order valence-electron chi connectivity index (χ3n) is 3.61. The lowest BCUT2D eigenvalue weighted by atomic mass is 10.2. The Morgan fingerprint density at radius 2 is 2.17 bits per heavy atom. The van der Waals surface area contributed by atoms with Crippen molar-refractivity contribution in [3.05, 3.63) is 11.6 Å². The molecular weight excluding hydrogens is 352 g/mol. The Balaban J connectivity index is 1.71. The number of thioether (sulfide) groups is 1. The SMILES string of the molecule is CN1C(=O)C2N=C(SCC(=O)Nc3nccs3)[N+](C)=C2N(C)C1=O. The molecule has 1 aromatic rings. The lowest BCUT2D eigenvalue weighted by molar-refractivity contribution is -0.367. The first kappa shape index (κ1) is 16.6. The van der Waals surface area contributed by atoms with E-state index in [2.05, 4.69) is 15.3 Å². The van der Waals surface area contributed by atoms with Gasteiger partial charge in [0.25, 0.3) is 23.0 Å². The van der Waals surface area contributed by atoms with E-state index in [4.69, 9.17) is 0 Å². The van der Waals surface area contributed by atoms with E-state index in [-0.39, 0.29) is 17.6 Å². The number of likely N-dealkylation sites (N-methyl/N-ethyl adjacent to an activating group) is 2. The van der Waals surface area contributed by atoms with Crippen molar-refractivity contribution in [1.82, 2.24) is 14.8 Å². The maximum absolute atomic E-state index is 12.2. The molecule has 4 amide bonds. The summed E-state index contributed by atoms with van der Waals surface area (Å²) in [6.07, 6.45) is 1.61. The van der Waals surface area contributed by atoms with Crippen LogP contribution in [0, 0.1) is 0 Å². The van der Waals surface area contributed by atoms with E-state index in [0.717, 1.165) is 4.90 Å². The van der Waals surface area contributed by atoms with Gasteiger partial charge in [0.15, 0.2) is 5.13 Å². The van der Waals surface area contributed by atoms with E-state index in [1.165, 1.54) is 35.0 Å². The van der Waals surface area contributed by atoms with Gasteiger partial charge in [-0.1, -0.05) is 0 Å². The number of nitrogens with zero attached hydrogens (tertiary/aromatic N) is 5. The number of hydrogen-bond donors (Lipinski definition) is 1. The summed E-state index contributed by atoms with van der Waals surface area (Å²) in [6, 6.07) is -1.15. The number of fused-ring (bicyclic) bond motifs is 1. The Labute approximate surface area is 146 Å². The van der Waals surface area contributed by atoms with Crippen molar-refractivity contribution in [3.63, 3.8) is 0 Å². The van der Waals surface area contributed by atoms with Crippen molar-refractivity contribution in [2.45, 2.75) is 6.04 Å². The highest BCUT2D eigenvalue weighted by Gasteiger charge is 2.51. The number of aromatic nitrogens is 1. The summed E-state index contributed by atoms with van der Waals surface area (Å²) in [7, 11) is 4.75. The number of carbonyl (C=O) groups is 3. The van der Waals surface area contributed by atoms with Gasteiger partial charge in [0.2, 0.25) is 5.91 Å². The van der Waals surface area contributed by atoms with Gasteiger partial charge in [0.05, 0.1) is 19.8 Å². The summed E-state index contributed by atoms with van der Waals surface area (Å²) in [5.41, 5.74) is 0. The second-order valence-corrected chi connectivity index (χ2v) is 6.98. The molecule has 1 N–H and O–H groups in total. The van der Waals surface area contributed by atoms with E-state index in [9.17, 15) is 14.4 Å². The van der Waals surface area contributed by atoms with Gasteiger partial charge in [0, 0.05) is 18.6 Å². The van der Waals surface area contributed by atoms with Crippen molar-refractivity contribution >= 4 is 57.1 Å². The maximum Gasteiger partial charge on any atom is 0.388 e. The van der Waals surface area contributed by atoms with Crippen LogP contribution in [0.1, 0.15) is 0 Å². The number of nitrogens with one attached hydrogen (secondary N) is 1. The molecule has 0 radical (unpaired) electrons. The van der Waals surface area contributed by atoms with E-state index in [0.29, 0.717) is 16.1 Å². The Bertz CT molecular complexity index is 773. The average molecular weight is 367 g/mol. The molecule has 1 saturated heterocycles. The topological polar surface area (TPSA) is 98.0 Å². The predicted molar refractivity (Wildman–Crippen MR) is 91.5 cm³/mol. The number of anilines is 1. The summed E-state index contributed by atoms with van der Waals surface area (Å²) >= 11 is 2.54. The van der Waals surface area contributed by atoms with Crippen molar-refractivity contribution in [2.75, 3.05) is 32.2 Å². The van der Waals surface area contributed by atoms with Crippen LogP contribution in [0.5, 0.6) is 0 Å². The molecule has 3 heterocycles. The third kappa shape index (κ3) is 2.80. The largest absolute Gasteiger partial charge is 0.388 e. The van der Waals surface area contributed by atoms with Gasteiger partial charge >= 0.3 is 6.03 Å². The second-order valence-electron chi connectivity index (χ2n) is 5.14. The first-order valence-corrected chi connectivity index (χ1v) is 8.82. The highest BCUT2D eigenvalue weighted by molar-refractivity contribution is 8.14. The highest BCUT2D eigenvalue weighted by Crippen LogP contribution is 2.22. The van der Waals surface area contributed by atoms with Crippen LogP contribution >= 0.6 is 23.1 Å². The number of amides is 4. The smallest absolute Gasteiger partial charge is 0.301 e. The van der Waals surface area contributed by atoms with Crippen molar-refractivity contribution < 1.29 is 19.0 Å². The number of thiazole rings is 1. The molecule has 1 fully saturated rings. The lowest BCUT2D eigenvalue weighted by Gasteiger charge is -2.27. The zero-order valence-electron chi connectivity index (χ0n) is 13.2. The molecule has 0 aromatic carbocycles. The van der Waals surface area contributed by atoms with Gasteiger partial charge in [-0.15, -0.1) is 16.3 Å². The quantitative estimate of drug-likeness (QED) is 0.765. The highest BCUT2D eigenvalue weighted by atomic mass is 32.2. The fourth-order valence-electron chi connectivity index (χ4n) is 2.42. The first-order chi connectivity index (χ1) is 11.4. The minimum Gasteiger partial charge on any atom is -0.301 e. The van der Waals surface area contributed by atoms with Crippen molar-refractivity contribution in [1.29, 1.82) is 0 Å². The summed E-state index contributed by atoms with van der Waals surface area (Å²) < 4.78 is 1.68. The van der Waals surface area contributed by atoms with Gasteiger partial charge in [-0.3, -0.25) is 14.5 Å². The second kappa shape index (κ2) is 6.32. The third-order valence-corrected chi connectivity index (χ3v) is 5.34. The predicted octanol–water partition coefficient (Wildman–Crippen LogP) is 0.118. The molecule has 1 unspecified atom stereocenters. The van der Waals surface area contributed by atoms with Crippen LogP contribution in [-0.4, -0.2) is 81.1 Å². The molecule has 24 heavy (non-hydrogen) atoms. The minimum atomic E-state index is -0.743. The van der Waals surface area contributed by atoms with Gasteiger partial charge in [-0.2, -0.15) is 0 Å². The van der Waals surface area contributed by atoms with Gasteiger partial charge in [-0.05, 0) is 11.8 Å². The van der Waals surface area contributed by atoms with Gasteiger partial charge in [-0.25, -0.2) is 19.3 Å². The molecule has 0 spiro atoms. The van der Waals surface area contributed by atoms with Crippen LogP contribution in [0.2, 0.25) is 0 Å². The molecule has 0 aliphatic carbocycles.